The van der Waals surface area contributed by atoms with Crippen molar-refractivity contribution in [2.45, 2.75) is 76.3 Å². The summed E-state index contributed by atoms with van der Waals surface area (Å²) in [5.74, 6) is 0.413. The Bertz CT molecular complexity index is 327. The molecule has 2 saturated carbocycles. The van der Waals surface area contributed by atoms with E-state index in [2.05, 4.69) is 13.8 Å². The van der Waals surface area contributed by atoms with Crippen LogP contribution in [0.4, 0.5) is 0 Å². The highest BCUT2D eigenvalue weighted by Gasteiger charge is 2.65. The maximum Gasteiger partial charge on any atom is 0.170 e. The minimum atomic E-state index is -0.273. The third-order valence-corrected chi connectivity index (χ3v) is 4.65. The monoisotopic (exact) mass is 238 g/mol. The van der Waals surface area contributed by atoms with Gasteiger partial charge in [0.1, 0.15) is 11.7 Å². The number of carbonyl (C=O) groups is 1. The Balaban J connectivity index is 1.91. The van der Waals surface area contributed by atoms with E-state index in [0.717, 1.165) is 25.7 Å². The van der Waals surface area contributed by atoms with Gasteiger partial charge in [-0.3, -0.25) is 4.79 Å². The molecule has 0 aromatic carbocycles. The van der Waals surface area contributed by atoms with Crippen molar-refractivity contribution in [3.05, 3.63) is 0 Å². The molecule has 0 unspecified atom stereocenters. The minimum absolute atomic E-state index is 0.114. The quantitative estimate of drug-likeness (QED) is 0.650. The molecule has 1 aliphatic heterocycles. The van der Waals surface area contributed by atoms with Crippen molar-refractivity contribution >= 4 is 5.78 Å². The second-order valence-electron chi connectivity index (χ2n) is 6.00. The van der Waals surface area contributed by atoms with Gasteiger partial charge in [-0.2, -0.15) is 0 Å². The highest BCUT2D eigenvalue weighted by molar-refractivity contribution is 5.95. The summed E-state index contributed by atoms with van der Waals surface area (Å²) in [5, 5.41) is 0. The maximum absolute atomic E-state index is 12.2. The molecule has 3 fully saturated rings. The van der Waals surface area contributed by atoms with Crippen LogP contribution >= 0.6 is 0 Å². The molecule has 3 aliphatic rings. The molecule has 1 spiro atoms. The lowest BCUT2D eigenvalue weighted by atomic mass is 9.62. The largest absolute Gasteiger partial charge is 0.368 e. The molecule has 3 nitrogen and oxygen atoms in total. The van der Waals surface area contributed by atoms with Crippen LogP contribution in [0.5, 0.6) is 0 Å². The summed E-state index contributed by atoms with van der Waals surface area (Å²) in [4.78, 5) is 12.2. The standard InChI is InChI=1S/C14H22O3/c1-9-8-10(2)17-14-7-5-3-4-6-11(14)12(15)13(14)16-9/h9-11,13H,3-8H2,1-2H3/t9-,10-,11+,13+,14-/m1/s1. The molecular weight excluding hydrogens is 216 g/mol. The van der Waals surface area contributed by atoms with Crippen LogP contribution in [0.25, 0.3) is 0 Å². The van der Waals surface area contributed by atoms with Gasteiger partial charge in [0.25, 0.3) is 0 Å². The molecule has 96 valence electrons. The van der Waals surface area contributed by atoms with Gasteiger partial charge >= 0.3 is 0 Å². The third kappa shape index (κ3) is 1.66. The SMILES string of the molecule is C[C@@H]1C[C@@H](C)O[C@]23CCCCC[C@H]2C(=O)[C@@H]3O1. The molecule has 1 heterocycles. The Morgan fingerprint density at radius 1 is 1.18 bits per heavy atom. The average molecular weight is 238 g/mol. The summed E-state index contributed by atoms with van der Waals surface area (Å²) < 4.78 is 12.2. The molecule has 3 heteroatoms. The summed E-state index contributed by atoms with van der Waals surface area (Å²) in [7, 11) is 0. The summed E-state index contributed by atoms with van der Waals surface area (Å²) in [5.41, 5.74) is -0.266. The van der Waals surface area contributed by atoms with Gasteiger partial charge in [-0.05, 0) is 33.1 Å². The number of hydrogen-bond donors (Lipinski definition) is 0. The number of Topliss-reactive ketones (excluding diaryl/α,β-unsaturated/α-hetero) is 1. The van der Waals surface area contributed by atoms with Gasteiger partial charge < -0.3 is 9.47 Å². The van der Waals surface area contributed by atoms with Crippen LogP contribution in [0.15, 0.2) is 0 Å². The third-order valence-electron chi connectivity index (χ3n) is 4.65. The topological polar surface area (TPSA) is 35.5 Å². The van der Waals surface area contributed by atoms with Crippen LogP contribution in [-0.4, -0.2) is 29.7 Å². The van der Waals surface area contributed by atoms with E-state index in [1.807, 2.05) is 0 Å². The van der Waals surface area contributed by atoms with E-state index in [1.165, 1.54) is 12.8 Å². The second-order valence-corrected chi connectivity index (χ2v) is 6.00. The van der Waals surface area contributed by atoms with Crippen LogP contribution in [0.1, 0.15) is 52.4 Å². The fraction of sp³-hybridized carbons (Fsp3) is 0.929. The molecule has 0 N–H and O–H groups in total. The predicted octanol–water partition coefficient (Wildman–Crippen LogP) is 2.47. The lowest BCUT2D eigenvalue weighted by Gasteiger charge is -2.52. The molecule has 0 radical (unpaired) electrons. The zero-order chi connectivity index (χ0) is 12.0. The highest BCUT2D eigenvalue weighted by Crippen LogP contribution is 2.51. The fourth-order valence-electron chi connectivity index (χ4n) is 3.93. The molecule has 1 saturated heterocycles. The molecule has 17 heavy (non-hydrogen) atoms. The molecule has 5 atom stereocenters. The summed E-state index contributed by atoms with van der Waals surface area (Å²) >= 11 is 0. The van der Waals surface area contributed by atoms with Gasteiger partial charge in [0, 0.05) is 0 Å². The molecule has 0 aromatic rings. The van der Waals surface area contributed by atoms with Crippen LogP contribution in [0, 0.1) is 5.92 Å². The molecule has 0 bridgehead atoms. The van der Waals surface area contributed by atoms with Crippen molar-refractivity contribution in [3.63, 3.8) is 0 Å². The first-order valence-electron chi connectivity index (χ1n) is 7.00. The first-order chi connectivity index (χ1) is 8.13. The molecule has 0 aromatic heterocycles. The lowest BCUT2D eigenvalue weighted by Crippen LogP contribution is -2.69. The van der Waals surface area contributed by atoms with Gasteiger partial charge in [0.15, 0.2) is 5.78 Å². The van der Waals surface area contributed by atoms with E-state index in [9.17, 15) is 4.79 Å². The molecule has 2 aliphatic carbocycles. The Labute approximate surface area is 103 Å². The van der Waals surface area contributed by atoms with E-state index in [4.69, 9.17) is 9.47 Å². The Hall–Kier alpha value is -0.410. The van der Waals surface area contributed by atoms with Gasteiger partial charge in [0.2, 0.25) is 0 Å². The molecular formula is C14H22O3. The number of ether oxygens (including phenoxy) is 2. The van der Waals surface area contributed by atoms with Crippen LogP contribution < -0.4 is 0 Å². The van der Waals surface area contributed by atoms with Crippen molar-refractivity contribution in [2.24, 2.45) is 5.92 Å². The Morgan fingerprint density at radius 2 is 2.00 bits per heavy atom. The molecule has 0 amide bonds. The van der Waals surface area contributed by atoms with Crippen molar-refractivity contribution in [3.8, 4) is 0 Å². The van der Waals surface area contributed by atoms with E-state index in [0.29, 0.717) is 5.78 Å². The number of hydrogen-bond acceptors (Lipinski definition) is 3. The fourth-order valence-corrected chi connectivity index (χ4v) is 3.93. The first kappa shape index (κ1) is 11.7. The van der Waals surface area contributed by atoms with E-state index in [-0.39, 0.29) is 29.8 Å². The average Bonchev–Trinajstić information content (AvgIpc) is 2.52. The van der Waals surface area contributed by atoms with Crippen molar-refractivity contribution in [2.75, 3.05) is 0 Å². The molecule has 3 rings (SSSR count). The Kier molecular flexibility index (Phi) is 2.79. The summed E-state index contributed by atoms with van der Waals surface area (Å²) in [6.45, 7) is 4.16. The van der Waals surface area contributed by atoms with Crippen LogP contribution in [0.3, 0.4) is 0 Å². The first-order valence-corrected chi connectivity index (χ1v) is 7.00. The normalized spacial score (nSPS) is 50.6. The second kappa shape index (κ2) is 4.06. The number of carbonyl (C=O) groups excluding carboxylic acids is 1. The van der Waals surface area contributed by atoms with Gasteiger partial charge in [-0.15, -0.1) is 0 Å². The highest BCUT2D eigenvalue weighted by atomic mass is 16.6. The Morgan fingerprint density at radius 3 is 2.82 bits per heavy atom. The zero-order valence-corrected chi connectivity index (χ0v) is 10.8. The summed E-state index contributed by atoms with van der Waals surface area (Å²) in [6, 6.07) is 0. The summed E-state index contributed by atoms with van der Waals surface area (Å²) in [6.07, 6.45) is 6.55. The smallest absolute Gasteiger partial charge is 0.170 e. The zero-order valence-electron chi connectivity index (χ0n) is 10.8. The van der Waals surface area contributed by atoms with Gasteiger partial charge in [0.05, 0.1) is 18.1 Å². The van der Waals surface area contributed by atoms with Gasteiger partial charge in [-0.25, -0.2) is 0 Å². The number of rotatable bonds is 0. The minimum Gasteiger partial charge on any atom is -0.368 e. The van der Waals surface area contributed by atoms with Crippen LogP contribution in [0.2, 0.25) is 0 Å². The van der Waals surface area contributed by atoms with E-state index >= 15 is 0 Å². The van der Waals surface area contributed by atoms with Crippen molar-refractivity contribution in [1.82, 2.24) is 0 Å². The van der Waals surface area contributed by atoms with Crippen LogP contribution in [-0.2, 0) is 14.3 Å². The van der Waals surface area contributed by atoms with Crippen molar-refractivity contribution in [1.29, 1.82) is 0 Å². The van der Waals surface area contributed by atoms with Gasteiger partial charge in [-0.1, -0.05) is 19.3 Å². The van der Waals surface area contributed by atoms with E-state index in [1.54, 1.807) is 0 Å². The lowest BCUT2D eigenvalue weighted by molar-refractivity contribution is -0.226. The number of ketones is 1. The maximum atomic E-state index is 12.2. The van der Waals surface area contributed by atoms with Crippen molar-refractivity contribution < 1.29 is 14.3 Å². The van der Waals surface area contributed by atoms with E-state index < -0.39 is 0 Å². The predicted molar refractivity (Wildman–Crippen MR) is 63.8 cm³/mol.